The second kappa shape index (κ2) is 5.59. The van der Waals surface area contributed by atoms with Gasteiger partial charge in [-0.1, -0.05) is 13.8 Å². The Morgan fingerprint density at radius 1 is 1.27 bits per heavy atom. The van der Waals surface area contributed by atoms with Gasteiger partial charge >= 0.3 is 0 Å². The van der Waals surface area contributed by atoms with Crippen LogP contribution < -0.4 is 10.1 Å². The number of anilines is 1. The normalized spacial score (nSPS) is 10.5. The third-order valence-corrected chi connectivity index (χ3v) is 2.46. The molecule has 0 saturated heterocycles. The maximum Gasteiger partial charge on any atom is 0.128 e. The molecule has 1 rings (SSSR count). The van der Waals surface area contributed by atoms with Crippen LogP contribution in [0, 0.1) is 5.82 Å². The minimum absolute atomic E-state index is 0.275. The van der Waals surface area contributed by atoms with Gasteiger partial charge in [-0.2, -0.15) is 0 Å². The van der Waals surface area contributed by atoms with Crippen molar-refractivity contribution in [3.05, 3.63) is 24.0 Å². The van der Waals surface area contributed by atoms with Crippen LogP contribution in [-0.4, -0.2) is 13.2 Å². The first-order valence-corrected chi connectivity index (χ1v) is 5.30. The summed E-state index contributed by atoms with van der Waals surface area (Å²) in [5.74, 6) is 0.270. The molecule has 0 unspecified atom stereocenters. The topological polar surface area (TPSA) is 21.3 Å². The molecule has 0 aliphatic rings. The van der Waals surface area contributed by atoms with E-state index in [0.717, 1.165) is 18.5 Å². The molecule has 0 aliphatic heterocycles. The van der Waals surface area contributed by atoms with Gasteiger partial charge in [0.2, 0.25) is 0 Å². The van der Waals surface area contributed by atoms with Crippen molar-refractivity contribution in [1.29, 1.82) is 0 Å². The third-order valence-electron chi connectivity index (χ3n) is 2.46. The van der Waals surface area contributed by atoms with E-state index in [2.05, 4.69) is 19.2 Å². The monoisotopic (exact) mass is 211 g/mol. The number of hydrogen-bond acceptors (Lipinski definition) is 2. The number of rotatable bonds is 5. The van der Waals surface area contributed by atoms with E-state index in [9.17, 15) is 4.39 Å². The number of halogens is 1. The number of methoxy groups -OCH3 is 1. The van der Waals surface area contributed by atoms with Gasteiger partial charge < -0.3 is 10.1 Å². The Morgan fingerprint density at radius 3 is 2.47 bits per heavy atom. The molecule has 0 aliphatic carbocycles. The molecule has 0 bridgehead atoms. The van der Waals surface area contributed by atoms with Crippen molar-refractivity contribution in [1.82, 2.24) is 0 Å². The number of nitrogens with one attached hydrogen (secondary N) is 1. The van der Waals surface area contributed by atoms with Gasteiger partial charge in [-0.15, -0.1) is 0 Å². The van der Waals surface area contributed by atoms with Crippen LogP contribution in [0.15, 0.2) is 18.2 Å². The molecule has 84 valence electrons. The molecular formula is C12H18FNO. The van der Waals surface area contributed by atoms with Crippen molar-refractivity contribution in [2.45, 2.75) is 32.7 Å². The Labute approximate surface area is 90.4 Å². The maximum absolute atomic E-state index is 13.2. The zero-order valence-corrected chi connectivity index (χ0v) is 9.51. The predicted octanol–water partition coefficient (Wildman–Crippen LogP) is 3.43. The highest BCUT2D eigenvalue weighted by molar-refractivity contribution is 5.49. The minimum Gasteiger partial charge on any atom is -0.497 e. The van der Waals surface area contributed by atoms with E-state index >= 15 is 0 Å². The van der Waals surface area contributed by atoms with E-state index in [1.54, 1.807) is 6.07 Å². The van der Waals surface area contributed by atoms with Crippen molar-refractivity contribution in [3.8, 4) is 5.75 Å². The van der Waals surface area contributed by atoms with Crippen LogP contribution in [-0.2, 0) is 0 Å². The highest BCUT2D eigenvalue weighted by atomic mass is 19.1. The van der Waals surface area contributed by atoms with Gasteiger partial charge in [0.05, 0.1) is 7.11 Å². The van der Waals surface area contributed by atoms with Gasteiger partial charge in [0, 0.05) is 23.9 Å². The van der Waals surface area contributed by atoms with Crippen LogP contribution >= 0.6 is 0 Å². The molecule has 0 aromatic heterocycles. The summed E-state index contributed by atoms with van der Waals surface area (Å²) in [5, 5.41) is 3.27. The van der Waals surface area contributed by atoms with Crippen LogP contribution in [0.25, 0.3) is 0 Å². The maximum atomic E-state index is 13.2. The van der Waals surface area contributed by atoms with Crippen LogP contribution in [0.1, 0.15) is 26.7 Å². The van der Waals surface area contributed by atoms with Gasteiger partial charge in [-0.05, 0) is 18.9 Å². The van der Waals surface area contributed by atoms with Gasteiger partial charge in [0.15, 0.2) is 0 Å². The van der Waals surface area contributed by atoms with E-state index in [4.69, 9.17) is 4.74 Å². The summed E-state index contributed by atoms with van der Waals surface area (Å²) in [5.41, 5.74) is 0.778. The molecular weight excluding hydrogens is 193 g/mol. The second-order valence-electron chi connectivity index (χ2n) is 3.54. The summed E-state index contributed by atoms with van der Waals surface area (Å²) in [6, 6.07) is 5.05. The van der Waals surface area contributed by atoms with E-state index in [1.165, 1.54) is 19.2 Å². The zero-order chi connectivity index (χ0) is 11.3. The lowest BCUT2D eigenvalue weighted by Crippen LogP contribution is -2.16. The molecule has 15 heavy (non-hydrogen) atoms. The van der Waals surface area contributed by atoms with Crippen molar-refractivity contribution >= 4 is 5.69 Å². The average molecular weight is 211 g/mol. The Morgan fingerprint density at radius 2 is 1.93 bits per heavy atom. The molecule has 0 heterocycles. The van der Waals surface area contributed by atoms with Gasteiger partial charge in [0.25, 0.3) is 0 Å². The molecule has 1 aromatic carbocycles. The summed E-state index contributed by atoms with van der Waals surface area (Å²) in [6.07, 6.45) is 2.05. The highest BCUT2D eigenvalue weighted by Gasteiger charge is 2.05. The Hall–Kier alpha value is -1.25. The van der Waals surface area contributed by atoms with Crippen LogP contribution in [0.3, 0.4) is 0 Å². The van der Waals surface area contributed by atoms with Crippen molar-refractivity contribution < 1.29 is 9.13 Å². The number of benzene rings is 1. The molecule has 2 nitrogen and oxygen atoms in total. The summed E-state index contributed by atoms with van der Waals surface area (Å²) >= 11 is 0. The van der Waals surface area contributed by atoms with Crippen LogP contribution in [0.4, 0.5) is 10.1 Å². The lowest BCUT2D eigenvalue weighted by atomic mass is 10.1. The first kappa shape index (κ1) is 11.8. The van der Waals surface area contributed by atoms with Gasteiger partial charge in [-0.3, -0.25) is 0 Å². The van der Waals surface area contributed by atoms with Crippen molar-refractivity contribution in [2.24, 2.45) is 0 Å². The van der Waals surface area contributed by atoms with Crippen LogP contribution in [0.2, 0.25) is 0 Å². The second-order valence-corrected chi connectivity index (χ2v) is 3.54. The quantitative estimate of drug-likeness (QED) is 0.805. The molecule has 0 fully saturated rings. The standard InChI is InChI=1S/C12H18FNO/c1-4-10(5-2)14-11-6-9(13)7-12(8-11)15-3/h6-8,10,14H,4-5H2,1-3H3. The lowest BCUT2D eigenvalue weighted by molar-refractivity contribution is 0.411. The molecule has 0 saturated carbocycles. The fourth-order valence-corrected chi connectivity index (χ4v) is 1.49. The SMILES string of the molecule is CCC(CC)Nc1cc(F)cc(OC)c1. The summed E-state index contributed by atoms with van der Waals surface area (Å²) in [7, 11) is 1.54. The Balaban J connectivity index is 2.79. The van der Waals surface area contributed by atoms with E-state index in [1.807, 2.05) is 0 Å². The highest BCUT2D eigenvalue weighted by Crippen LogP contribution is 2.21. The zero-order valence-electron chi connectivity index (χ0n) is 9.51. The Kier molecular flexibility index (Phi) is 4.40. The molecule has 1 aromatic rings. The fourth-order valence-electron chi connectivity index (χ4n) is 1.49. The number of ether oxygens (including phenoxy) is 1. The first-order chi connectivity index (χ1) is 7.19. The van der Waals surface area contributed by atoms with E-state index in [-0.39, 0.29) is 5.82 Å². The smallest absolute Gasteiger partial charge is 0.128 e. The fraction of sp³-hybridized carbons (Fsp3) is 0.500. The predicted molar refractivity (Wildman–Crippen MR) is 60.9 cm³/mol. The molecule has 1 N–H and O–H groups in total. The molecule has 3 heteroatoms. The van der Waals surface area contributed by atoms with Crippen molar-refractivity contribution in [2.75, 3.05) is 12.4 Å². The summed E-state index contributed by atoms with van der Waals surface area (Å²) in [4.78, 5) is 0. The van der Waals surface area contributed by atoms with E-state index in [0.29, 0.717) is 11.8 Å². The van der Waals surface area contributed by atoms with Gasteiger partial charge in [-0.25, -0.2) is 4.39 Å². The molecule has 0 spiro atoms. The average Bonchev–Trinajstić information content (AvgIpc) is 2.25. The largest absolute Gasteiger partial charge is 0.497 e. The third kappa shape index (κ3) is 3.42. The minimum atomic E-state index is -0.275. The molecule has 0 atom stereocenters. The van der Waals surface area contributed by atoms with Crippen LogP contribution in [0.5, 0.6) is 5.75 Å². The number of hydrogen-bond donors (Lipinski definition) is 1. The van der Waals surface area contributed by atoms with E-state index < -0.39 is 0 Å². The Bertz CT molecular complexity index is 310. The lowest BCUT2D eigenvalue weighted by Gasteiger charge is -2.16. The first-order valence-electron chi connectivity index (χ1n) is 5.30. The summed E-state index contributed by atoms with van der Waals surface area (Å²) < 4.78 is 18.2. The molecule has 0 radical (unpaired) electrons. The van der Waals surface area contributed by atoms with Crippen molar-refractivity contribution in [3.63, 3.8) is 0 Å². The summed E-state index contributed by atoms with van der Waals surface area (Å²) in [6.45, 7) is 4.22. The molecule has 0 amide bonds. The van der Waals surface area contributed by atoms with Gasteiger partial charge in [0.1, 0.15) is 11.6 Å².